The number of benzene rings is 1. The average Bonchev–Trinajstić information content (AvgIpc) is 2.58. The quantitative estimate of drug-likeness (QED) is 0.623. The van der Waals surface area contributed by atoms with E-state index in [1.54, 1.807) is 0 Å². The van der Waals surface area contributed by atoms with Crippen LogP contribution in [0.3, 0.4) is 0 Å². The van der Waals surface area contributed by atoms with Crippen molar-refractivity contribution >= 4 is 11.7 Å². The lowest BCUT2D eigenvalue weighted by atomic mass is 10.0. The fraction of sp³-hybridized carbons (Fsp3) is 0.467. The lowest BCUT2D eigenvalue weighted by Crippen LogP contribution is -2.37. The van der Waals surface area contributed by atoms with Crippen molar-refractivity contribution < 1.29 is 4.79 Å². The zero-order chi connectivity index (χ0) is 13.7. The minimum absolute atomic E-state index is 0.113. The molecule has 4 heteroatoms. The number of aryl methyl sites for hydroxylation is 1. The van der Waals surface area contributed by atoms with Gasteiger partial charge in [0.25, 0.3) is 0 Å². The van der Waals surface area contributed by atoms with Gasteiger partial charge in [0.2, 0.25) is 0 Å². The van der Waals surface area contributed by atoms with Crippen molar-refractivity contribution in [2.75, 3.05) is 0 Å². The Labute approximate surface area is 114 Å². The molecule has 4 nitrogen and oxygen atoms in total. The summed E-state index contributed by atoms with van der Waals surface area (Å²) in [4.78, 5) is 11.6. The highest BCUT2D eigenvalue weighted by molar-refractivity contribution is 6.02. The molecule has 1 aliphatic rings. The van der Waals surface area contributed by atoms with Crippen molar-refractivity contribution in [1.29, 1.82) is 0 Å². The van der Waals surface area contributed by atoms with E-state index in [2.05, 4.69) is 34.0 Å². The van der Waals surface area contributed by atoms with E-state index in [1.165, 1.54) is 17.5 Å². The van der Waals surface area contributed by atoms with Gasteiger partial charge in [0.1, 0.15) is 0 Å². The molecular formula is C15H21N3O. The molecule has 102 valence electrons. The Morgan fingerprint density at radius 3 is 2.74 bits per heavy atom. The van der Waals surface area contributed by atoms with Crippen LogP contribution in [-0.2, 0) is 6.42 Å². The highest BCUT2D eigenvalue weighted by atomic mass is 16.2. The maximum Gasteiger partial charge on any atom is 0.335 e. The summed E-state index contributed by atoms with van der Waals surface area (Å²) in [5.74, 6) is 0. The fourth-order valence-corrected chi connectivity index (χ4v) is 2.29. The molecule has 1 aliphatic carbocycles. The number of hydrogen-bond acceptors (Lipinski definition) is 2. The van der Waals surface area contributed by atoms with Crippen molar-refractivity contribution in [2.24, 2.45) is 5.10 Å². The number of rotatable bonds is 2. The molecule has 0 saturated heterocycles. The number of amides is 2. The normalized spacial score (nSPS) is 16.9. The van der Waals surface area contributed by atoms with E-state index >= 15 is 0 Å². The van der Waals surface area contributed by atoms with Crippen molar-refractivity contribution in [3.8, 4) is 0 Å². The summed E-state index contributed by atoms with van der Waals surface area (Å²) < 4.78 is 0. The molecule has 2 amide bonds. The third-order valence-corrected chi connectivity index (χ3v) is 3.15. The number of nitrogens with one attached hydrogen (secondary N) is 2. The number of carbonyl (C=O) groups excluding carboxylic acids is 1. The van der Waals surface area contributed by atoms with Crippen LogP contribution in [-0.4, -0.2) is 17.8 Å². The van der Waals surface area contributed by atoms with Crippen LogP contribution in [0.5, 0.6) is 0 Å². The van der Waals surface area contributed by atoms with Crippen LogP contribution < -0.4 is 10.7 Å². The molecule has 0 unspecified atom stereocenters. The van der Waals surface area contributed by atoms with Gasteiger partial charge in [-0.1, -0.05) is 24.3 Å². The standard InChI is InChI=1S/C15H21N3O/c1-11(2)16-15(19)18-17-14-10-6-4-8-12-7-3-5-9-13(12)14/h3,5,7,9,11H,4,6,8,10H2,1-2H3,(H2,16,18,19). The number of nitrogens with zero attached hydrogens (tertiary/aromatic N) is 1. The molecular weight excluding hydrogens is 238 g/mol. The molecule has 0 radical (unpaired) electrons. The molecule has 0 spiro atoms. The number of carbonyl (C=O) groups is 1. The van der Waals surface area contributed by atoms with Crippen molar-refractivity contribution in [1.82, 2.24) is 10.7 Å². The minimum Gasteiger partial charge on any atom is -0.335 e. The number of hydrazone groups is 1. The van der Waals surface area contributed by atoms with E-state index in [4.69, 9.17) is 0 Å². The zero-order valence-corrected chi connectivity index (χ0v) is 11.6. The molecule has 0 saturated carbocycles. The Balaban J connectivity index is 2.13. The van der Waals surface area contributed by atoms with Crippen LogP contribution in [0, 0.1) is 0 Å². The maximum atomic E-state index is 11.6. The summed E-state index contributed by atoms with van der Waals surface area (Å²) in [6, 6.07) is 8.17. The van der Waals surface area contributed by atoms with E-state index in [0.29, 0.717) is 0 Å². The van der Waals surface area contributed by atoms with Gasteiger partial charge in [0.15, 0.2) is 0 Å². The van der Waals surface area contributed by atoms with Crippen LogP contribution in [0.4, 0.5) is 4.79 Å². The van der Waals surface area contributed by atoms with E-state index in [0.717, 1.165) is 25.0 Å². The highest BCUT2D eigenvalue weighted by Gasteiger charge is 2.13. The third-order valence-electron chi connectivity index (χ3n) is 3.15. The molecule has 0 fully saturated rings. The molecule has 1 aromatic rings. The van der Waals surface area contributed by atoms with Gasteiger partial charge in [-0.25, -0.2) is 10.2 Å². The van der Waals surface area contributed by atoms with Gasteiger partial charge in [0, 0.05) is 11.6 Å². The van der Waals surface area contributed by atoms with Crippen LogP contribution in [0.1, 0.15) is 44.2 Å². The molecule has 0 bridgehead atoms. The van der Waals surface area contributed by atoms with Crippen LogP contribution in [0.15, 0.2) is 29.4 Å². The second-order valence-electron chi connectivity index (χ2n) is 5.16. The third kappa shape index (κ3) is 3.81. The largest absolute Gasteiger partial charge is 0.335 e. The minimum atomic E-state index is -0.246. The first-order valence-electron chi connectivity index (χ1n) is 6.88. The maximum absolute atomic E-state index is 11.6. The van der Waals surface area contributed by atoms with Crippen molar-refractivity contribution in [3.63, 3.8) is 0 Å². The van der Waals surface area contributed by atoms with Gasteiger partial charge < -0.3 is 5.32 Å². The number of hydrogen-bond donors (Lipinski definition) is 2. The molecule has 0 aromatic heterocycles. The van der Waals surface area contributed by atoms with Crippen molar-refractivity contribution in [2.45, 2.75) is 45.6 Å². The van der Waals surface area contributed by atoms with Crippen LogP contribution in [0.2, 0.25) is 0 Å². The molecule has 0 heterocycles. The van der Waals surface area contributed by atoms with Gasteiger partial charge in [-0.2, -0.15) is 5.10 Å². The summed E-state index contributed by atoms with van der Waals surface area (Å²) in [6.07, 6.45) is 4.29. The zero-order valence-electron chi connectivity index (χ0n) is 11.6. The van der Waals surface area contributed by atoms with E-state index in [1.807, 2.05) is 19.9 Å². The molecule has 1 aromatic carbocycles. The van der Waals surface area contributed by atoms with Gasteiger partial charge in [-0.3, -0.25) is 0 Å². The van der Waals surface area contributed by atoms with Gasteiger partial charge in [-0.05, 0) is 45.1 Å². The SMILES string of the molecule is CC(C)NC(=O)NN=C1CCCCc2ccccc21. The Morgan fingerprint density at radius 2 is 1.95 bits per heavy atom. The van der Waals surface area contributed by atoms with Gasteiger partial charge >= 0.3 is 6.03 Å². The first kappa shape index (κ1) is 13.6. The predicted molar refractivity (Wildman–Crippen MR) is 77.3 cm³/mol. The molecule has 2 N–H and O–H groups in total. The Kier molecular flexibility index (Phi) is 4.55. The topological polar surface area (TPSA) is 53.5 Å². The molecule has 19 heavy (non-hydrogen) atoms. The summed E-state index contributed by atoms with van der Waals surface area (Å²) in [7, 11) is 0. The lowest BCUT2D eigenvalue weighted by Gasteiger charge is -2.10. The highest BCUT2D eigenvalue weighted by Crippen LogP contribution is 2.20. The second-order valence-corrected chi connectivity index (χ2v) is 5.16. The first-order chi connectivity index (χ1) is 9.16. The summed E-state index contributed by atoms with van der Waals surface area (Å²) in [6.45, 7) is 3.85. The second kappa shape index (κ2) is 6.36. The Morgan fingerprint density at radius 1 is 1.21 bits per heavy atom. The average molecular weight is 259 g/mol. The molecule has 2 rings (SSSR count). The first-order valence-corrected chi connectivity index (χ1v) is 6.88. The van der Waals surface area contributed by atoms with E-state index < -0.39 is 0 Å². The van der Waals surface area contributed by atoms with Gasteiger partial charge in [0.05, 0.1) is 5.71 Å². The number of fused-ring (bicyclic) bond motifs is 1. The molecule has 0 aliphatic heterocycles. The number of urea groups is 1. The van der Waals surface area contributed by atoms with E-state index in [-0.39, 0.29) is 12.1 Å². The fourth-order valence-electron chi connectivity index (χ4n) is 2.29. The Bertz CT molecular complexity index is 480. The molecule has 0 atom stereocenters. The van der Waals surface area contributed by atoms with Crippen LogP contribution >= 0.6 is 0 Å². The van der Waals surface area contributed by atoms with Crippen molar-refractivity contribution in [3.05, 3.63) is 35.4 Å². The summed E-state index contributed by atoms with van der Waals surface area (Å²) in [5, 5.41) is 7.06. The summed E-state index contributed by atoms with van der Waals surface area (Å²) in [5.41, 5.74) is 6.06. The van der Waals surface area contributed by atoms with Crippen LogP contribution in [0.25, 0.3) is 0 Å². The van der Waals surface area contributed by atoms with Gasteiger partial charge in [-0.15, -0.1) is 0 Å². The van der Waals surface area contributed by atoms with E-state index in [9.17, 15) is 4.79 Å². The lowest BCUT2D eigenvalue weighted by molar-refractivity contribution is 0.239. The predicted octanol–water partition coefficient (Wildman–Crippen LogP) is 2.82. The monoisotopic (exact) mass is 259 g/mol. The Hall–Kier alpha value is -1.84. The summed E-state index contributed by atoms with van der Waals surface area (Å²) >= 11 is 0. The smallest absolute Gasteiger partial charge is 0.335 e.